The molecule has 4 N–H and O–H groups in total. The number of nitrogen functional groups attached to an aromatic ring is 1. The number of amides is 2. The average Bonchev–Trinajstić information content (AvgIpc) is 3.29. The Balaban J connectivity index is 1.43. The molecule has 0 saturated carbocycles. The second kappa shape index (κ2) is 10.6. The Bertz CT molecular complexity index is 1170. The van der Waals surface area contributed by atoms with E-state index in [9.17, 15) is 19.5 Å². The average molecular weight is 536 g/mol. The molecule has 2 aromatic heterocycles. The van der Waals surface area contributed by atoms with Crippen LogP contribution in [0.25, 0.3) is 0 Å². The highest BCUT2D eigenvalue weighted by atomic mass is 32.2. The van der Waals surface area contributed by atoms with E-state index in [1.54, 1.807) is 30.7 Å². The third-order valence-electron chi connectivity index (χ3n) is 5.19. The maximum atomic E-state index is 12.9. The van der Waals surface area contributed by atoms with E-state index in [2.05, 4.69) is 24.8 Å². The number of carboxylic acid groups (broad SMARTS) is 1. The molecule has 2 aromatic rings. The second-order valence-corrected chi connectivity index (χ2v) is 10.3. The number of hydrogen-bond donors (Lipinski definition) is 3. The van der Waals surface area contributed by atoms with Crippen LogP contribution in [0.3, 0.4) is 0 Å². The number of aliphatic carboxylic acids is 1. The molecule has 4 heterocycles. The second-order valence-electron chi connectivity index (χ2n) is 7.48. The van der Waals surface area contributed by atoms with Gasteiger partial charge >= 0.3 is 5.97 Å². The number of hydrogen-bond acceptors (Lipinski definition) is 12. The van der Waals surface area contributed by atoms with E-state index in [1.165, 1.54) is 28.4 Å². The number of aromatic nitrogens is 3. The molecule has 35 heavy (non-hydrogen) atoms. The highest BCUT2D eigenvalue weighted by molar-refractivity contribution is 8.02. The van der Waals surface area contributed by atoms with Crippen LogP contribution in [0.4, 0.5) is 5.13 Å². The number of nitrogens with one attached hydrogen (secondary N) is 1. The van der Waals surface area contributed by atoms with E-state index < -0.39 is 28.7 Å². The van der Waals surface area contributed by atoms with E-state index in [-0.39, 0.29) is 41.5 Å². The molecule has 15 heteroatoms. The zero-order valence-electron chi connectivity index (χ0n) is 18.4. The number of rotatable bonds is 9. The summed E-state index contributed by atoms with van der Waals surface area (Å²) in [5.74, 6) is -1.87. The van der Waals surface area contributed by atoms with E-state index in [4.69, 9.17) is 10.6 Å². The Morgan fingerprint density at radius 3 is 2.97 bits per heavy atom. The van der Waals surface area contributed by atoms with Crippen molar-refractivity contribution in [1.82, 2.24) is 24.6 Å². The standard InChI is InChI=1S/C20H21N7O5S3/c1-2-32-25-12(14-24-19(21)35-26-14)15(28)23-13-16(29)27-9-20(18(30)31,10-34-17(13)27)6-8-33-11-5-3-4-7-22-11/h3-8,13,17H,2,9-10H2,1H3,(H,23,28)(H,30,31)(H2,21,24,26)/t13?,17-,20?/m1/s1. The first-order valence-electron chi connectivity index (χ1n) is 10.4. The number of nitrogens with two attached hydrogens (primary N) is 1. The minimum absolute atomic E-state index is 0.00110. The number of thioether (sulfide) groups is 2. The van der Waals surface area contributed by atoms with Crippen LogP contribution in [0.1, 0.15) is 12.7 Å². The lowest BCUT2D eigenvalue weighted by Gasteiger charge is -2.53. The van der Waals surface area contributed by atoms with Crippen LogP contribution in [0.2, 0.25) is 0 Å². The van der Waals surface area contributed by atoms with Gasteiger partial charge in [0.05, 0.1) is 0 Å². The van der Waals surface area contributed by atoms with E-state index >= 15 is 0 Å². The SMILES string of the molecule is CCON=C(C(=O)NC1C(=O)N2CC(C=CSc3ccccn3)(C(=O)O)CS[C@H]12)c1nsc(N)n1. The normalized spacial score (nSPS) is 24.1. The maximum Gasteiger partial charge on any atom is 0.316 e. The van der Waals surface area contributed by atoms with Gasteiger partial charge in [-0.25, -0.2) is 4.98 Å². The smallest absolute Gasteiger partial charge is 0.316 e. The molecule has 2 fully saturated rings. The van der Waals surface area contributed by atoms with Gasteiger partial charge in [0.1, 0.15) is 28.5 Å². The lowest BCUT2D eigenvalue weighted by molar-refractivity contribution is -0.156. The zero-order valence-corrected chi connectivity index (χ0v) is 20.8. The predicted octanol–water partition coefficient (Wildman–Crippen LogP) is 1.03. The summed E-state index contributed by atoms with van der Waals surface area (Å²) in [4.78, 5) is 52.5. The summed E-state index contributed by atoms with van der Waals surface area (Å²) >= 11 is 3.49. The van der Waals surface area contributed by atoms with Crippen LogP contribution >= 0.6 is 35.1 Å². The van der Waals surface area contributed by atoms with E-state index in [1.807, 2.05) is 12.1 Å². The maximum absolute atomic E-state index is 12.9. The number of fused-ring (bicyclic) bond motifs is 1. The number of nitrogens with zero attached hydrogens (tertiary/aromatic N) is 5. The molecular formula is C20H21N7O5S3. The van der Waals surface area contributed by atoms with Crippen molar-refractivity contribution in [2.24, 2.45) is 10.6 Å². The molecule has 2 unspecified atom stereocenters. The van der Waals surface area contributed by atoms with Crippen molar-refractivity contribution < 1.29 is 24.3 Å². The molecule has 0 bridgehead atoms. The molecule has 4 rings (SSSR count). The molecule has 2 aliphatic rings. The number of carboxylic acids is 1. The zero-order chi connectivity index (χ0) is 25.0. The largest absolute Gasteiger partial charge is 0.481 e. The van der Waals surface area contributed by atoms with Gasteiger partial charge in [0, 0.05) is 30.0 Å². The third kappa shape index (κ3) is 5.26. The van der Waals surface area contributed by atoms with Gasteiger partial charge in [-0.15, -0.1) is 11.8 Å². The number of carbonyl (C=O) groups is 3. The number of carbonyl (C=O) groups excluding carboxylic acids is 2. The van der Waals surface area contributed by atoms with Gasteiger partial charge in [0.15, 0.2) is 5.13 Å². The molecular weight excluding hydrogens is 514 g/mol. The number of anilines is 1. The molecule has 0 spiro atoms. The lowest BCUT2D eigenvalue weighted by Crippen LogP contribution is -2.73. The fraction of sp³-hybridized carbons (Fsp3) is 0.350. The van der Waals surface area contributed by atoms with Gasteiger partial charge in [0.25, 0.3) is 5.91 Å². The number of oxime groups is 1. The van der Waals surface area contributed by atoms with Crippen molar-refractivity contribution >= 4 is 63.7 Å². The molecule has 0 aromatic carbocycles. The van der Waals surface area contributed by atoms with Gasteiger partial charge in [-0.05, 0) is 24.5 Å². The summed E-state index contributed by atoms with van der Waals surface area (Å²) < 4.78 is 3.98. The van der Waals surface area contributed by atoms with Crippen LogP contribution < -0.4 is 11.1 Å². The van der Waals surface area contributed by atoms with Gasteiger partial charge in [0.2, 0.25) is 17.4 Å². The first kappa shape index (κ1) is 24.9. The predicted molar refractivity (Wildman–Crippen MR) is 132 cm³/mol. The molecule has 184 valence electrons. The van der Waals surface area contributed by atoms with Crippen LogP contribution in [0, 0.1) is 5.41 Å². The summed E-state index contributed by atoms with van der Waals surface area (Å²) in [5, 5.41) is 18.5. The van der Waals surface area contributed by atoms with Crippen molar-refractivity contribution in [2.45, 2.75) is 23.4 Å². The van der Waals surface area contributed by atoms with Crippen LogP contribution in [-0.2, 0) is 19.2 Å². The fourth-order valence-electron chi connectivity index (χ4n) is 3.40. The molecule has 12 nitrogen and oxygen atoms in total. The summed E-state index contributed by atoms with van der Waals surface area (Å²) in [5.41, 5.74) is 4.16. The topological polar surface area (TPSA) is 173 Å². The van der Waals surface area contributed by atoms with Crippen LogP contribution in [0.15, 0.2) is 46.1 Å². The Hall–Kier alpha value is -3.17. The van der Waals surface area contributed by atoms with Crippen molar-refractivity contribution in [2.75, 3.05) is 24.6 Å². The summed E-state index contributed by atoms with van der Waals surface area (Å²) in [6.45, 7) is 1.91. The number of β-lactam (4-membered cyclic amide) rings is 1. The van der Waals surface area contributed by atoms with E-state index in [0.717, 1.165) is 16.6 Å². The van der Waals surface area contributed by atoms with Crippen LogP contribution in [-0.4, -0.2) is 78.2 Å². The van der Waals surface area contributed by atoms with Crippen molar-refractivity contribution in [3.63, 3.8) is 0 Å². The molecule has 2 aliphatic heterocycles. The van der Waals surface area contributed by atoms with Crippen molar-refractivity contribution in [3.05, 3.63) is 41.7 Å². The molecule has 0 radical (unpaired) electrons. The molecule has 0 aliphatic carbocycles. The van der Waals surface area contributed by atoms with Crippen molar-refractivity contribution in [1.29, 1.82) is 0 Å². The quantitative estimate of drug-likeness (QED) is 0.181. The first-order chi connectivity index (χ1) is 16.8. The Morgan fingerprint density at radius 1 is 1.49 bits per heavy atom. The summed E-state index contributed by atoms with van der Waals surface area (Å²) in [7, 11) is 0. The number of pyridine rings is 1. The van der Waals surface area contributed by atoms with Gasteiger partial charge < -0.3 is 25.9 Å². The molecule has 2 amide bonds. The minimum Gasteiger partial charge on any atom is -0.481 e. The highest BCUT2D eigenvalue weighted by Crippen LogP contribution is 2.43. The Morgan fingerprint density at radius 2 is 2.31 bits per heavy atom. The Kier molecular flexibility index (Phi) is 7.57. The minimum atomic E-state index is -1.25. The fourth-order valence-corrected chi connectivity index (χ4v) is 6.10. The summed E-state index contributed by atoms with van der Waals surface area (Å²) in [6, 6.07) is 4.62. The van der Waals surface area contributed by atoms with Crippen molar-refractivity contribution in [3.8, 4) is 0 Å². The summed E-state index contributed by atoms with van der Waals surface area (Å²) in [6.07, 6.45) is 3.25. The lowest BCUT2D eigenvalue weighted by atomic mass is 9.87. The monoisotopic (exact) mass is 535 g/mol. The third-order valence-corrected chi connectivity index (χ3v) is 8.03. The molecule has 2 saturated heterocycles. The van der Waals surface area contributed by atoms with E-state index in [0.29, 0.717) is 0 Å². The Labute approximate surface area is 212 Å². The van der Waals surface area contributed by atoms with Gasteiger partial charge in [-0.2, -0.15) is 9.36 Å². The van der Waals surface area contributed by atoms with Crippen LogP contribution in [0.5, 0.6) is 0 Å². The van der Waals surface area contributed by atoms with Gasteiger partial charge in [-0.1, -0.05) is 29.1 Å². The van der Waals surface area contributed by atoms with Gasteiger partial charge in [-0.3, -0.25) is 14.4 Å². The highest BCUT2D eigenvalue weighted by Gasteiger charge is 2.57. The molecule has 3 atom stereocenters. The first-order valence-corrected chi connectivity index (χ1v) is 13.1.